The van der Waals surface area contributed by atoms with Crippen molar-refractivity contribution in [3.63, 3.8) is 0 Å². The number of hydrogen-bond donors (Lipinski definition) is 0. The summed E-state index contributed by atoms with van der Waals surface area (Å²) in [6.45, 7) is 1.74. The highest BCUT2D eigenvalue weighted by molar-refractivity contribution is 5.82. The molecule has 0 saturated carbocycles. The van der Waals surface area contributed by atoms with Crippen LogP contribution in [0.5, 0.6) is 0 Å². The molecule has 0 unspecified atom stereocenters. The van der Waals surface area contributed by atoms with Gasteiger partial charge in [-0.25, -0.2) is 8.78 Å². The van der Waals surface area contributed by atoms with E-state index < -0.39 is 29.6 Å². The van der Waals surface area contributed by atoms with Crippen molar-refractivity contribution in [1.82, 2.24) is 0 Å². The summed E-state index contributed by atoms with van der Waals surface area (Å²) in [5.41, 5.74) is -0.707. The summed E-state index contributed by atoms with van der Waals surface area (Å²) >= 11 is 0. The second-order valence-electron chi connectivity index (χ2n) is 3.02. The molecule has 0 heterocycles. The smallest absolute Gasteiger partial charge is 0.310 e. The molecule has 0 aliphatic heterocycles. The lowest BCUT2D eigenvalue weighted by molar-refractivity contribution is -0.142. The van der Waals surface area contributed by atoms with Crippen LogP contribution in [0, 0.1) is 11.6 Å². The third kappa shape index (κ3) is 2.62. The molecular weight excluding hydrogens is 218 g/mol. The number of esters is 1. The Hall–Kier alpha value is -1.78. The molecule has 0 amide bonds. The minimum Gasteiger partial charge on any atom is -0.466 e. The summed E-state index contributed by atoms with van der Waals surface area (Å²) in [6, 6.07) is 1.71. The number of ether oxygens (including phenoxy) is 1. The molecule has 0 radical (unpaired) electrons. The first kappa shape index (κ1) is 12.3. The van der Waals surface area contributed by atoms with Gasteiger partial charge in [0.15, 0.2) is 6.29 Å². The Bertz CT molecular complexity index is 416. The van der Waals surface area contributed by atoms with Gasteiger partial charge in [0.1, 0.15) is 11.6 Å². The van der Waals surface area contributed by atoms with Crippen molar-refractivity contribution in [2.45, 2.75) is 13.3 Å². The highest BCUT2D eigenvalue weighted by atomic mass is 19.1. The molecule has 1 aromatic carbocycles. The summed E-state index contributed by atoms with van der Waals surface area (Å²) in [5, 5.41) is 0. The first-order valence-electron chi connectivity index (χ1n) is 4.67. The number of carbonyl (C=O) groups excluding carboxylic acids is 2. The van der Waals surface area contributed by atoms with E-state index in [1.165, 1.54) is 0 Å². The zero-order valence-corrected chi connectivity index (χ0v) is 8.63. The molecule has 3 nitrogen and oxygen atoms in total. The molecule has 0 aliphatic rings. The lowest BCUT2D eigenvalue weighted by atomic mass is 10.0. The predicted octanol–water partition coefficient (Wildman–Crippen LogP) is 1.88. The number of aldehydes is 1. The number of rotatable bonds is 4. The van der Waals surface area contributed by atoms with Crippen molar-refractivity contribution < 1.29 is 23.1 Å². The van der Waals surface area contributed by atoms with Gasteiger partial charge < -0.3 is 4.74 Å². The zero-order chi connectivity index (χ0) is 12.1. The minimum atomic E-state index is -0.851. The Morgan fingerprint density at radius 2 is 2.00 bits per heavy atom. The van der Waals surface area contributed by atoms with Crippen LogP contribution in [-0.4, -0.2) is 18.9 Å². The quantitative estimate of drug-likeness (QED) is 0.583. The van der Waals surface area contributed by atoms with Crippen molar-refractivity contribution in [3.8, 4) is 0 Å². The Morgan fingerprint density at radius 1 is 1.38 bits per heavy atom. The van der Waals surface area contributed by atoms with E-state index in [1.54, 1.807) is 6.92 Å². The van der Waals surface area contributed by atoms with Gasteiger partial charge in [0.05, 0.1) is 18.6 Å². The molecular formula is C11H10F2O3. The lowest BCUT2D eigenvalue weighted by Crippen LogP contribution is -2.11. The van der Waals surface area contributed by atoms with Gasteiger partial charge >= 0.3 is 5.97 Å². The molecule has 16 heavy (non-hydrogen) atoms. The summed E-state index contributed by atoms with van der Waals surface area (Å²) < 4.78 is 31.0. The van der Waals surface area contributed by atoms with E-state index in [0.717, 1.165) is 12.1 Å². The molecule has 1 aromatic rings. The van der Waals surface area contributed by atoms with Gasteiger partial charge in [-0.15, -0.1) is 0 Å². The molecule has 5 heteroatoms. The number of benzene rings is 1. The second-order valence-corrected chi connectivity index (χ2v) is 3.02. The number of carbonyl (C=O) groups is 2. The molecule has 86 valence electrons. The average molecular weight is 228 g/mol. The molecule has 1 rings (SSSR count). The van der Waals surface area contributed by atoms with Crippen LogP contribution >= 0.6 is 0 Å². The van der Waals surface area contributed by atoms with Crippen LogP contribution in [0.1, 0.15) is 22.8 Å². The average Bonchev–Trinajstić information content (AvgIpc) is 2.24. The Balaban J connectivity index is 3.06. The van der Waals surface area contributed by atoms with E-state index in [4.69, 9.17) is 0 Å². The fraction of sp³-hybridized carbons (Fsp3) is 0.273. The molecule has 0 aromatic heterocycles. The molecule has 0 saturated heterocycles. The van der Waals surface area contributed by atoms with E-state index in [2.05, 4.69) is 4.74 Å². The van der Waals surface area contributed by atoms with Crippen LogP contribution in [0.4, 0.5) is 8.78 Å². The summed E-state index contributed by atoms with van der Waals surface area (Å²) in [6.07, 6.45) is -0.265. The van der Waals surface area contributed by atoms with Crippen LogP contribution in [0.25, 0.3) is 0 Å². The largest absolute Gasteiger partial charge is 0.466 e. The molecule has 0 N–H and O–H groups in total. The van der Waals surface area contributed by atoms with Crippen LogP contribution in [0.15, 0.2) is 12.1 Å². The lowest BCUT2D eigenvalue weighted by Gasteiger charge is -2.06. The fourth-order valence-electron chi connectivity index (χ4n) is 1.27. The van der Waals surface area contributed by atoms with Gasteiger partial charge in [0.2, 0.25) is 0 Å². The third-order valence-corrected chi connectivity index (χ3v) is 1.99. The monoisotopic (exact) mass is 228 g/mol. The van der Waals surface area contributed by atoms with E-state index in [9.17, 15) is 18.4 Å². The molecule has 0 fully saturated rings. The summed E-state index contributed by atoms with van der Waals surface area (Å²) in [4.78, 5) is 21.7. The maximum atomic E-state index is 13.3. The normalized spacial score (nSPS) is 9.94. The van der Waals surface area contributed by atoms with Crippen molar-refractivity contribution in [2.24, 2.45) is 0 Å². The van der Waals surface area contributed by atoms with Crippen molar-refractivity contribution in [2.75, 3.05) is 6.61 Å². The van der Waals surface area contributed by atoms with Crippen molar-refractivity contribution in [3.05, 3.63) is 34.9 Å². The Labute approximate surface area is 91.0 Å². The topological polar surface area (TPSA) is 43.4 Å². The van der Waals surface area contributed by atoms with Gasteiger partial charge in [-0.3, -0.25) is 9.59 Å². The van der Waals surface area contributed by atoms with Crippen LogP contribution in [0.2, 0.25) is 0 Å². The van der Waals surface area contributed by atoms with Gasteiger partial charge in [0, 0.05) is 5.56 Å². The highest BCUT2D eigenvalue weighted by Gasteiger charge is 2.16. The molecule has 0 atom stereocenters. The second kappa shape index (κ2) is 5.34. The third-order valence-electron chi connectivity index (χ3n) is 1.99. The first-order chi connectivity index (χ1) is 7.60. The van der Waals surface area contributed by atoms with E-state index in [-0.39, 0.29) is 18.5 Å². The first-order valence-corrected chi connectivity index (χ1v) is 4.67. The van der Waals surface area contributed by atoms with E-state index >= 15 is 0 Å². The Morgan fingerprint density at radius 3 is 2.56 bits per heavy atom. The fourth-order valence-corrected chi connectivity index (χ4v) is 1.27. The van der Waals surface area contributed by atoms with Crippen LogP contribution < -0.4 is 0 Å². The van der Waals surface area contributed by atoms with Gasteiger partial charge in [-0.2, -0.15) is 0 Å². The van der Waals surface area contributed by atoms with E-state index in [1.807, 2.05) is 0 Å². The maximum absolute atomic E-state index is 13.3. The van der Waals surface area contributed by atoms with Crippen LogP contribution in [0.3, 0.4) is 0 Å². The van der Waals surface area contributed by atoms with Crippen molar-refractivity contribution >= 4 is 12.3 Å². The standard InChI is InChI=1S/C11H10F2O3/c1-2-16-11(15)5-7-8(6-14)10(13)4-3-9(7)12/h3-4,6H,2,5H2,1H3. The SMILES string of the molecule is CCOC(=O)Cc1c(F)ccc(F)c1C=O. The minimum absolute atomic E-state index is 0.145. The van der Waals surface area contributed by atoms with Crippen LogP contribution in [-0.2, 0) is 16.0 Å². The van der Waals surface area contributed by atoms with E-state index in [0.29, 0.717) is 0 Å². The van der Waals surface area contributed by atoms with Gasteiger partial charge in [-0.1, -0.05) is 0 Å². The number of hydrogen-bond acceptors (Lipinski definition) is 3. The highest BCUT2D eigenvalue weighted by Crippen LogP contribution is 2.16. The van der Waals surface area contributed by atoms with Crippen molar-refractivity contribution in [1.29, 1.82) is 0 Å². The number of halogens is 2. The van der Waals surface area contributed by atoms with Gasteiger partial charge in [0.25, 0.3) is 0 Å². The molecule has 0 bridgehead atoms. The maximum Gasteiger partial charge on any atom is 0.310 e. The summed E-state index contributed by atoms with van der Waals surface area (Å²) in [7, 11) is 0. The zero-order valence-electron chi connectivity index (χ0n) is 8.63. The predicted molar refractivity (Wildman–Crippen MR) is 52.1 cm³/mol. The molecule has 0 aliphatic carbocycles. The van der Waals surface area contributed by atoms with Gasteiger partial charge in [-0.05, 0) is 19.1 Å². The summed E-state index contributed by atoms with van der Waals surface area (Å²) in [5.74, 6) is -2.35. The molecule has 0 spiro atoms. The Kier molecular flexibility index (Phi) is 4.10.